The molecule has 4 aliphatic heterocycles. The number of hydrogen-bond acceptors (Lipinski definition) is 12. The second-order valence-corrected chi connectivity index (χ2v) is 7.50. The van der Waals surface area contributed by atoms with Crippen LogP contribution in [0.1, 0.15) is 47.0 Å². The van der Waals surface area contributed by atoms with Crippen molar-refractivity contribution < 1.29 is 87.8 Å². The average Bonchev–Trinajstić information content (AvgIpc) is 3.45. The molecule has 12 nitrogen and oxygen atoms in total. The Morgan fingerprint density at radius 1 is 0.737 bits per heavy atom. The Labute approximate surface area is 209 Å². The van der Waals surface area contributed by atoms with Gasteiger partial charge in [0.1, 0.15) is 0 Å². The van der Waals surface area contributed by atoms with Crippen LogP contribution in [-0.4, -0.2) is 73.7 Å². The molecule has 0 aromatic rings. The summed E-state index contributed by atoms with van der Waals surface area (Å²) >= 11 is 0. The van der Waals surface area contributed by atoms with Crippen molar-refractivity contribution in [2.75, 3.05) is 6.61 Å². The van der Waals surface area contributed by atoms with Gasteiger partial charge in [-0.1, -0.05) is 20.8 Å². The Balaban J connectivity index is 0.000000255. The molecule has 0 aliphatic carbocycles. The van der Waals surface area contributed by atoms with E-state index < -0.39 is 73.5 Å². The van der Waals surface area contributed by atoms with Gasteiger partial charge < -0.3 is 37.9 Å². The summed E-state index contributed by atoms with van der Waals surface area (Å²) in [5.74, 6) is -7.78. The number of carbonyl (C=O) groups excluding carboxylic acids is 4. The van der Waals surface area contributed by atoms with E-state index in [0.29, 0.717) is 6.42 Å². The van der Waals surface area contributed by atoms with Crippen molar-refractivity contribution >= 4 is 24.6 Å². The molecule has 0 amide bonds. The van der Waals surface area contributed by atoms with Crippen LogP contribution in [0, 0.1) is 0 Å². The van der Waals surface area contributed by atoms with Crippen molar-refractivity contribution in [3.8, 4) is 0 Å². The first-order chi connectivity index (χ1) is 17.3. The minimum absolute atomic E-state index is 0.250. The normalized spacial score (nSPS) is 36.0. The zero-order valence-electron chi connectivity index (χ0n) is 20.1. The summed E-state index contributed by atoms with van der Waals surface area (Å²) in [5, 5.41) is 0. The molecule has 38 heavy (non-hydrogen) atoms. The largest absolute Gasteiger partial charge is 0.516 e. The van der Waals surface area contributed by atoms with Crippen LogP contribution in [0.15, 0.2) is 0 Å². The molecule has 6 atom stereocenters. The lowest BCUT2D eigenvalue weighted by molar-refractivity contribution is -0.288. The number of ether oxygens (including phenoxy) is 8. The highest BCUT2D eigenvalue weighted by Gasteiger charge is 2.67. The Bertz CT molecular complexity index is 875. The molecule has 4 heterocycles. The van der Waals surface area contributed by atoms with Gasteiger partial charge in [0, 0.05) is 19.8 Å². The van der Waals surface area contributed by atoms with Gasteiger partial charge in [-0.25, -0.2) is 19.2 Å². The van der Waals surface area contributed by atoms with Gasteiger partial charge in [-0.3, -0.25) is 0 Å². The second kappa shape index (κ2) is 12.4. The standard InChI is InChI=1S/C5H5F3O3.C5H6F2O3.C5H7FO3.C4H5FO3/c1-2-4(6)5(7,8)11-3(9)10-4;1-2-5(7)3(6)9-4(8)10-5;1-2-3-4(6)9-5(7)8-3;1-4(5)2-7-3(6)8-4/h2H2,1H3;3H,2H2,1H3;3-4H,2H2,1H3;2H2,1H3. The fourth-order valence-corrected chi connectivity index (χ4v) is 2.35. The zero-order chi connectivity index (χ0) is 29.5. The summed E-state index contributed by atoms with van der Waals surface area (Å²) < 4.78 is 118. The van der Waals surface area contributed by atoms with Crippen LogP contribution in [-0.2, 0) is 37.9 Å². The Kier molecular flexibility index (Phi) is 10.7. The number of carbonyl (C=O) groups is 4. The third kappa shape index (κ3) is 8.57. The predicted octanol–water partition coefficient (Wildman–Crippen LogP) is 5.41. The smallest absolute Gasteiger partial charge is 0.427 e. The summed E-state index contributed by atoms with van der Waals surface area (Å²) in [7, 11) is 0. The molecule has 0 saturated carbocycles. The third-order valence-electron chi connectivity index (χ3n) is 4.51. The summed E-state index contributed by atoms with van der Waals surface area (Å²) in [6.45, 7) is 5.04. The minimum Gasteiger partial charge on any atom is -0.427 e. The molecule has 0 aromatic carbocycles. The lowest BCUT2D eigenvalue weighted by Crippen LogP contribution is -2.40. The predicted molar refractivity (Wildman–Crippen MR) is 102 cm³/mol. The van der Waals surface area contributed by atoms with Crippen LogP contribution in [0.3, 0.4) is 0 Å². The molecule has 0 spiro atoms. The molecule has 6 unspecified atom stereocenters. The molecule has 0 aromatic heterocycles. The molecule has 0 bridgehead atoms. The maximum absolute atomic E-state index is 12.8. The maximum Gasteiger partial charge on any atom is 0.516 e. The number of alkyl halides is 7. The third-order valence-corrected chi connectivity index (χ3v) is 4.51. The van der Waals surface area contributed by atoms with E-state index in [1.165, 1.54) is 6.92 Å². The van der Waals surface area contributed by atoms with Gasteiger partial charge in [-0.05, 0) is 6.42 Å². The van der Waals surface area contributed by atoms with Crippen molar-refractivity contribution in [1.82, 2.24) is 0 Å². The summed E-state index contributed by atoms with van der Waals surface area (Å²) in [4.78, 5) is 40.3. The molecule has 4 saturated heterocycles. The molecular weight excluding hydrogens is 553 g/mol. The Morgan fingerprint density at radius 3 is 1.53 bits per heavy atom. The minimum atomic E-state index is -4.17. The first-order valence-electron chi connectivity index (χ1n) is 10.6. The van der Waals surface area contributed by atoms with E-state index in [-0.39, 0.29) is 13.0 Å². The zero-order valence-corrected chi connectivity index (χ0v) is 20.1. The van der Waals surface area contributed by atoms with Crippen LogP contribution in [0.5, 0.6) is 0 Å². The average molecular weight is 576 g/mol. The van der Waals surface area contributed by atoms with Crippen molar-refractivity contribution in [3.05, 3.63) is 0 Å². The van der Waals surface area contributed by atoms with Crippen LogP contribution in [0.2, 0.25) is 0 Å². The van der Waals surface area contributed by atoms with Crippen molar-refractivity contribution in [2.24, 2.45) is 0 Å². The van der Waals surface area contributed by atoms with Crippen LogP contribution in [0.25, 0.3) is 0 Å². The SMILES string of the molecule is CC1(F)COC(=O)O1.CCC1(F)OC(=O)OC1(F)F.CCC1(F)OC(=O)OC1F.CCC1OC(=O)OC1F. The molecule has 4 fully saturated rings. The molecule has 220 valence electrons. The van der Waals surface area contributed by atoms with Gasteiger partial charge >= 0.3 is 48.8 Å². The number of halogens is 7. The quantitative estimate of drug-likeness (QED) is 0.241. The molecular formula is C19H23F7O12. The highest BCUT2D eigenvalue weighted by Crippen LogP contribution is 2.43. The highest BCUT2D eigenvalue weighted by atomic mass is 19.3. The second-order valence-electron chi connectivity index (χ2n) is 7.50. The van der Waals surface area contributed by atoms with E-state index >= 15 is 0 Å². The summed E-state index contributed by atoms with van der Waals surface area (Å²) in [6, 6.07) is 0. The number of cyclic esters (lactones) is 8. The highest BCUT2D eigenvalue weighted by molar-refractivity contribution is 5.63. The number of hydrogen-bond donors (Lipinski definition) is 0. The Morgan fingerprint density at radius 2 is 1.34 bits per heavy atom. The lowest BCUT2D eigenvalue weighted by Gasteiger charge is -2.18. The fraction of sp³-hybridized carbons (Fsp3) is 0.789. The van der Waals surface area contributed by atoms with E-state index in [4.69, 9.17) is 0 Å². The van der Waals surface area contributed by atoms with Crippen LogP contribution in [0.4, 0.5) is 49.9 Å². The van der Waals surface area contributed by atoms with Crippen molar-refractivity contribution in [2.45, 2.75) is 89.4 Å². The molecule has 19 heteroatoms. The topological polar surface area (TPSA) is 142 Å². The fourth-order valence-electron chi connectivity index (χ4n) is 2.35. The Hall–Kier alpha value is -3.41. The number of rotatable bonds is 3. The maximum atomic E-state index is 12.8. The summed E-state index contributed by atoms with van der Waals surface area (Å²) in [5.41, 5.74) is 0. The monoisotopic (exact) mass is 576 g/mol. The lowest BCUT2D eigenvalue weighted by atomic mass is 10.2. The van der Waals surface area contributed by atoms with Crippen LogP contribution < -0.4 is 0 Å². The van der Waals surface area contributed by atoms with E-state index in [1.807, 2.05) is 0 Å². The van der Waals surface area contributed by atoms with Gasteiger partial charge in [-0.2, -0.15) is 30.7 Å². The summed E-state index contributed by atoms with van der Waals surface area (Å²) in [6.07, 6.45) is -14.0. The van der Waals surface area contributed by atoms with Gasteiger partial charge in [0.25, 0.3) is 12.2 Å². The van der Waals surface area contributed by atoms with Crippen molar-refractivity contribution in [3.63, 3.8) is 0 Å². The molecule has 4 rings (SSSR count). The van der Waals surface area contributed by atoms with Gasteiger partial charge in [-0.15, -0.1) is 0 Å². The van der Waals surface area contributed by atoms with E-state index in [1.54, 1.807) is 6.92 Å². The van der Waals surface area contributed by atoms with Gasteiger partial charge in [0.15, 0.2) is 12.7 Å². The van der Waals surface area contributed by atoms with Crippen molar-refractivity contribution in [1.29, 1.82) is 0 Å². The molecule has 0 radical (unpaired) electrons. The first-order valence-corrected chi connectivity index (χ1v) is 10.6. The molecule has 4 aliphatic rings. The van der Waals surface area contributed by atoms with Crippen LogP contribution >= 0.6 is 0 Å². The van der Waals surface area contributed by atoms with E-state index in [9.17, 15) is 49.9 Å². The first kappa shape index (κ1) is 32.6. The molecule has 0 N–H and O–H groups in total. The van der Waals surface area contributed by atoms with E-state index in [0.717, 1.165) is 13.8 Å². The van der Waals surface area contributed by atoms with Gasteiger partial charge in [0.2, 0.25) is 0 Å². The van der Waals surface area contributed by atoms with Gasteiger partial charge in [0.05, 0.1) is 0 Å². The van der Waals surface area contributed by atoms with E-state index in [2.05, 4.69) is 37.9 Å².